The smallest absolute Gasteiger partial charge is 0.0559 e. The zero-order valence-electron chi connectivity index (χ0n) is 22.0. The molecule has 0 saturated heterocycles. The van der Waals surface area contributed by atoms with E-state index in [-0.39, 0.29) is 0 Å². The van der Waals surface area contributed by atoms with E-state index >= 15 is 0 Å². The molecule has 3 heterocycles. The minimum absolute atomic E-state index is 1.19. The summed E-state index contributed by atoms with van der Waals surface area (Å²) in [7, 11) is 0. The minimum atomic E-state index is 1.19. The van der Waals surface area contributed by atoms with Gasteiger partial charge in [0.1, 0.15) is 0 Å². The van der Waals surface area contributed by atoms with Gasteiger partial charge < -0.3 is 9.55 Å². The molecule has 3 heteroatoms. The van der Waals surface area contributed by atoms with E-state index < -0.39 is 0 Å². The summed E-state index contributed by atoms with van der Waals surface area (Å²) in [5, 5.41) is 13.0. The SMILES string of the molecule is c1ccc2cc(-n3c4ccccc4c4cc5c(cc43)sc3c5c4ccccc4c4[nH]c5ccccc5c43)ccc2c1. The molecular weight excluding hydrogens is 516 g/mol. The van der Waals surface area contributed by atoms with E-state index in [1.165, 1.54) is 91.0 Å². The van der Waals surface area contributed by atoms with Gasteiger partial charge >= 0.3 is 0 Å². The molecule has 3 aromatic heterocycles. The van der Waals surface area contributed by atoms with E-state index in [1.807, 2.05) is 11.3 Å². The molecule has 190 valence electrons. The zero-order valence-corrected chi connectivity index (χ0v) is 22.8. The van der Waals surface area contributed by atoms with Crippen molar-refractivity contribution in [1.29, 1.82) is 0 Å². The van der Waals surface area contributed by atoms with Crippen LogP contribution in [0, 0.1) is 0 Å². The molecule has 0 spiro atoms. The average Bonchev–Trinajstić information content (AvgIpc) is 3.69. The number of aromatic amines is 1. The van der Waals surface area contributed by atoms with Gasteiger partial charge in [0.25, 0.3) is 0 Å². The third-order valence-electron chi connectivity index (χ3n) is 8.87. The Kier molecular flexibility index (Phi) is 4.10. The van der Waals surface area contributed by atoms with Crippen molar-refractivity contribution in [2.24, 2.45) is 0 Å². The molecule has 41 heavy (non-hydrogen) atoms. The number of hydrogen-bond acceptors (Lipinski definition) is 1. The summed E-state index contributed by atoms with van der Waals surface area (Å²) in [6.07, 6.45) is 0. The summed E-state index contributed by atoms with van der Waals surface area (Å²) in [6, 6.07) is 46.7. The van der Waals surface area contributed by atoms with Crippen molar-refractivity contribution in [2.75, 3.05) is 0 Å². The van der Waals surface area contributed by atoms with Gasteiger partial charge in [-0.2, -0.15) is 0 Å². The van der Waals surface area contributed by atoms with Crippen LogP contribution >= 0.6 is 11.3 Å². The van der Waals surface area contributed by atoms with Gasteiger partial charge in [-0.25, -0.2) is 0 Å². The molecular formula is C38H22N2S. The molecule has 0 aliphatic carbocycles. The lowest BCUT2D eigenvalue weighted by Crippen LogP contribution is -1.93. The van der Waals surface area contributed by atoms with Gasteiger partial charge in [0.15, 0.2) is 0 Å². The topological polar surface area (TPSA) is 20.7 Å². The number of aromatic nitrogens is 2. The first-order valence-corrected chi connectivity index (χ1v) is 14.8. The largest absolute Gasteiger partial charge is 0.354 e. The fraction of sp³-hybridized carbons (Fsp3) is 0. The van der Waals surface area contributed by atoms with Gasteiger partial charge in [0, 0.05) is 58.3 Å². The van der Waals surface area contributed by atoms with Crippen molar-refractivity contribution in [1.82, 2.24) is 9.55 Å². The third-order valence-corrected chi connectivity index (χ3v) is 10.0. The summed E-state index contributed by atoms with van der Waals surface area (Å²) in [6.45, 7) is 0. The number of nitrogens with zero attached hydrogens (tertiary/aromatic N) is 1. The summed E-state index contributed by atoms with van der Waals surface area (Å²) < 4.78 is 5.13. The molecule has 0 unspecified atom stereocenters. The molecule has 0 bridgehead atoms. The monoisotopic (exact) mass is 538 g/mol. The molecule has 7 aromatic carbocycles. The highest BCUT2D eigenvalue weighted by Crippen LogP contribution is 2.48. The lowest BCUT2D eigenvalue weighted by Gasteiger charge is -2.09. The van der Waals surface area contributed by atoms with Gasteiger partial charge in [-0.1, -0.05) is 91.0 Å². The van der Waals surface area contributed by atoms with Crippen molar-refractivity contribution in [3.63, 3.8) is 0 Å². The van der Waals surface area contributed by atoms with Crippen molar-refractivity contribution in [2.45, 2.75) is 0 Å². The Morgan fingerprint density at radius 2 is 1.22 bits per heavy atom. The maximum absolute atomic E-state index is 3.76. The first-order valence-electron chi connectivity index (χ1n) is 14.0. The molecule has 0 radical (unpaired) electrons. The normalized spacial score (nSPS) is 12.4. The molecule has 0 saturated carbocycles. The fourth-order valence-electron chi connectivity index (χ4n) is 7.10. The predicted molar refractivity (Wildman–Crippen MR) is 178 cm³/mol. The van der Waals surface area contributed by atoms with E-state index in [0.717, 1.165) is 0 Å². The first kappa shape index (κ1) is 21.7. The number of nitrogens with one attached hydrogen (secondary N) is 1. The second kappa shape index (κ2) is 7.75. The number of para-hydroxylation sites is 2. The van der Waals surface area contributed by atoms with Crippen molar-refractivity contribution in [3.8, 4) is 5.69 Å². The van der Waals surface area contributed by atoms with Crippen molar-refractivity contribution < 1.29 is 0 Å². The molecule has 10 aromatic rings. The first-order chi connectivity index (χ1) is 20.3. The van der Waals surface area contributed by atoms with Crippen LogP contribution in [0.5, 0.6) is 0 Å². The van der Waals surface area contributed by atoms with Gasteiger partial charge in [-0.15, -0.1) is 11.3 Å². The highest BCUT2D eigenvalue weighted by atomic mass is 32.1. The standard InChI is InChI=1S/C38H22N2S/c1-2-10-23-19-24(18-17-22(23)9-1)40-32-16-8-6-11-25(32)29-20-30-34(21-33(29)40)41-38-35(30)26-12-3-4-13-27(26)37-36(38)28-14-5-7-15-31(28)39-37/h1-21,39H. The van der Waals surface area contributed by atoms with E-state index in [9.17, 15) is 0 Å². The maximum Gasteiger partial charge on any atom is 0.0559 e. The number of thiophene rings is 1. The van der Waals surface area contributed by atoms with Gasteiger partial charge in [-0.05, 0) is 52.6 Å². The third kappa shape index (κ3) is 2.81. The maximum atomic E-state index is 3.76. The highest BCUT2D eigenvalue weighted by Gasteiger charge is 2.20. The van der Waals surface area contributed by atoms with Gasteiger partial charge in [0.2, 0.25) is 0 Å². The van der Waals surface area contributed by atoms with Crippen LogP contribution in [-0.4, -0.2) is 9.55 Å². The molecule has 0 aliphatic rings. The van der Waals surface area contributed by atoms with Gasteiger partial charge in [-0.3, -0.25) is 0 Å². The summed E-state index contributed by atoms with van der Waals surface area (Å²) in [5.74, 6) is 0. The molecule has 0 amide bonds. The van der Waals surface area contributed by atoms with Crippen LogP contribution < -0.4 is 0 Å². The molecule has 10 rings (SSSR count). The van der Waals surface area contributed by atoms with Crippen molar-refractivity contribution >= 4 is 96.7 Å². The Hall–Kier alpha value is -5.12. The molecule has 1 N–H and O–H groups in total. The van der Waals surface area contributed by atoms with Crippen LogP contribution in [0.15, 0.2) is 127 Å². The van der Waals surface area contributed by atoms with Gasteiger partial charge in [0.05, 0.1) is 16.6 Å². The number of hydrogen-bond donors (Lipinski definition) is 1. The molecule has 0 fully saturated rings. The number of fused-ring (bicyclic) bond motifs is 14. The van der Waals surface area contributed by atoms with E-state index in [4.69, 9.17) is 0 Å². The quantitative estimate of drug-likeness (QED) is 0.215. The van der Waals surface area contributed by atoms with E-state index in [0.29, 0.717) is 0 Å². The van der Waals surface area contributed by atoms with Crippen LogP contribution in [0.1, 0.15) is 0 Å². The Balaban J connectivity index is 1.40. The molecule has 2 nitrogen and oxygen atoms in total. The minimum Gasteiger partial charge on any atom is -0.354 e. The van der Waals surface area contributed by atoms with E-state index in [2.05, 4.69) is 137 Å². The number of rotatable bonds is 1. The predicted octanol–water partition coefficient (Wildman–Crippen LogP) is 11.1. The zero-order chi connectivity index (χ0) is 26.7. The van der Waals surface area contributed by atoms with Crippen molar-refractivity contribution in [3.05, 3.63) is 127 Å². The second-order valence-corrected chi connectivity index (χ2v) is 12.1. The second-order valence-electron chi connectivity index (χ2n) is 11.0. The lowest BCUT2D eigenvalue weighted by molar-refractivity contribution is 1.19. The number of H-pyrrole nitrogens is 1. The Labute approximate surface area is 238 Å². The van der Waals surface area contributed by atoms with Crippen LogP contribution in [0.25, 0.3) is 91.0 Å². The summed E-state index contributed by atoms with van der Waals surface area (Å²) in [5.41, 5.74) is 6.11. The van der Waals surface area contributed by atoms with E-state index in [1.54, 1.807) is 0 Å². The fourth-order valence-corrected chi connectivity index (χ4v) is 8.39. The Morgan fingerprint density at radius 3 is 2.12 bits per heavy atom. The van der Waals surface area contributed by atoms with Crippen LogP contribution in [0.2, 0.25) is 0 Å². The average molecular weight is 539 g/mol. The molecule has 0 atom stereocenters. The Bertz CT molecular complexity index is 2700. The Morgan fingerprint density at radius 1 is 0.488 bits per heavy atom. The molecule has 0 aliphatic heterocycles. The summed E-state index contributed by atoms with van der Waals surface area (Å²) in [4.78, 5) is 3.76. The lowest BCUT2D eigenvalue weighted by atomic mass is 9.99. The van der Waals surface area contributed by atoms with Crippen LogP contribution in [-0.2, 0) is 0 Å². The van der Waals surface area contributed by atoms with Crippen LogP contribution in [0.4, 0.5) is 0 Å². The number of benzene rings is 7. The summed E-state index contributed by atoms with van der Waals surface area (Å²) >= 11 is 1.92. The van der Waals surface area contributed by atoms with Crippen LogP contribution in [0.3, 0.4) is 0 Å². The highest BCUT2D eigenvalue weighted by molar-refractivity contribution is 7.27.